The number of nitrogens with one attached hydrogen (secondary N) is 2. The Labute approximate surface area is 222 Å². The Morgan fingerprint density at radius 1 is 1.00 bits per heavy atom. The number of carbonyl (C=O) groups excluding carboxylic acids is 2. The average molecular weight is 510 g/mol. The molecule has 2 aliphatic rings. The molecule has 0 radical (unpaired) electrons. The van der Waals surface area contributed by atoms with Crippen molar-refractivity contribution in [2.24, 2.45) is 0 Å². The minimum absolute atomic E-state index is 0.0362. The van der Waals surface area contributed by atoms with Crippen molar-refractivity contribution < 1.29 is 19.1 Å². The quantitative estimate of drug-likeness (QED) is 0.438. The second-order valence-corrected chi connectivity index (χ2v) is 9.46. The maximum absolute atomic E-state index is 13.8. The van der Waals surface area contributed by atoms with Crippen LogP contribution in [0.25, 0.3) is 0 Å². The molecule has 0 bridgehead atoms. The van der Waals surface area contributed by atoms with Crippen molar-refractivity contribution in [1.29, 1.82) is 0 Å². The molecule has 38 heavy (non-hydrogen) atoms. The minimum Gasteiger partial charge on any atom is -0.497 e. The first-order valence-corrected chi connectivity index (χ1v) is 12.8. The Morgan fingerprint density at radius 2 is 1.71 bits per heavy atom. The second-order valence-electron chi connectivity index (χ2n) is 9.46. The van der Waals surface area contributed by atoms with Gasteiger partial charge in [0.2, 0.25) is 0 Å². The highest BCUT2D eigenvalue weighted by molar-refractivity contribution is 6.09. The van der Waals surface area contributed by atoms with E-state index in [2.05, 4.69) is 15.6 Å². The highest BCUT2D eigenvalue weighted by atomic mass is 16.5. The lowest BCUT2D eigenvalue weighted by Gasteiger charge is -2.37. The van der Waals surface area contributed by atoms with Crippen LogP contribution in [0.4, 0.5) is 5.82 Å². The van der Waals surface area contributed by atoms with Crippen LogP contribution in [-0.2, 0) is 9.59 Å². The number of aromatic nitrogens is 1. The number of rotatable bonds is 7. The number of benzene rings is 2. The van der Waals surface area contributed by atoms with Gasteiger partial charge >= 0.3 is 0 Å². The molecule has 7 nitrogen and oxygen atoms in total. The predicted molar refractivity (Wildman–Crippen MR) is 146 cm³/mol. The number of nitrogens with zero attached hydrogens (tertiary/aromatic N) is 1. The lowest BCUT2D eigenvalue weighted by molar-refractivity contribution is -0.116. The highest BCUT2D eigenvalue weighted by Gasteiger charge is 2.41. The van der Waals surface area contributed by atoms with Gasteiger partial charge in [0, 0.05) is 41.1 Å². The monoisotopic (exact) mass is 509 g/mol. The number of hydrogen-bond donors (Lipinski definition) is 2. The second kappa shape index (κ2) is 10.9. The van der Waals surface area contributed by atoms with E-state index in [-0.39, 0.29) is 17.6 Å². The van der Waals surface area contributed by atoms with Gasteiger partial charge in [0.25, 0.3) is 5.91 Å². The zero-order chi connectivity index (χ0) is 26.6. The van der Waals surface area contributed by atoms with Crippen LogP contribution < -0.4 is 20.1 Å². The smallest absolute Gasteiger partial charge is 0.255 e. The molecule has 2 aromatic carbocycles. The molecule has 1 aliphatic carbocycles. The maximum atomic E-state index is 13.8. The molecule has 1 aliphatic heterocycles. The van der Waals surface area contributed by atoms with Crippen LogP contribution in [0.1, 0.15) is 49.7 Å². The van der Waals surface area contributed by atoms with Crippen molar-refractivity contribution in [2.75, 3.05) is 19.0 Å². The van der Waals surface area contributed by atoms with Crippen LogP contribution in [0.15, 0.2) is 95.5 Å². The first kappa shape index (κ1) is 25.3. The van der Waals surface area contributed by atoms with Crippen molar-refractivity contribution >= 4 is 17.5 Å². The van der Waals surface area contributed by atoms with Crippen molar-refractivity contribution in [1.82, 2.24) is 10.3 Å². The van der Waals surface area contributed by atoms with Crippen LogP contribution in [0, 0.1) is 0 Å². The van der Waals surface area contributed by atoms with Gasteiger partial charge in [-0.1, -0.05) is 30.3 Å². The molecule has 1 amide bonds. The number of methoxy groups -OCH3 is 1. The number of amides is 1. The molecule has 3 aromatic rings. The molecule has 194 valence electrons. The fourth-order valence-electron chi connectivity index (χ4n) is 5.33. The highest BCUT2D eigenvalue weighted by Crippen LogP contribution is 2.46. The summed E-state index contributed by atoms with van der Waals surface area (Å²) in [6.45, 7) is 4.38. The molecule has 2 heterocycles. The summed E-state index contributed by atoms with van der Waals surface area (Å²) in [6.07, 6.45) is 2.67. The van der Waals surface area contributed by atoms with Crippen molar-refractivity contribution in [3.8, 4) is 11.5 Å². The van der Waals surface area contributed by atoms with Gasteiger partial charge in [0.05, 0.1) is 13.7 Å². The number of hydrogen-bond acceptors (Lipinski definition) is 6. The van der Waals surface area contributed by atoms with Crippen LogP contribution in [0.2, 0.25) is 0 Å². The predicted octanol–water partition coefficient (Wildman–Crippen LogP) is 5.49. The SMILES string of the molecule is CCOc1ccc(C2C(C(=O)Nc3ccccn3)=C(C)NC3=C2C(=O)CC(c2ccc(OC)cc2)C3)cc1. The third kappa shape index (κ3) is 5.05. The summed E-state index contributed by atoms with van der Waals surface area (Å²) in [5.74, 6) is 1.27. The maximum Gasteiger partial charge on any atom is 0.255 e. The number of allylic oxidation sites excluding steroid dienone is 3. The third-order valence-electron chi connectivity index (χ3n) is 7.09. The average Bonchev–Trinajstić information content (AvgIpc) is 2.93. The molecule has 0 saturated carbocycles. The van der Waals surface area contributed by atoms with Crippen LogP contribution in [-0.4, -0.2) is 30.4 Å². The van der Waals surface area contributed by atoms with Crippen molar-refractivity contribution in [2.45, 2.75) is 38.5 Å². The summed E-state index contributed by atoms with van der Waals surface area (Å²) >= 11 is 0. The molecule has 1 aromatic heterocycles. The Hall–Kier alpha value is -4.39. The standard InChI is InChI=1S/C31H31N3O4/c1-4-38-24-14-10-21(11-15-24)29-28(31(36)34-27-7-5-6-16-32-27)19(2)33-25-17-22(18-26(35)30(25)29)20-8-12-23(37-3)13-9-20/h5-16,22,29,33H,4,17-18H2,1-3H3,(H,32,34,36). The topological polar surface area (TPSA) is 89.5 Å². The number of anilines is 1. The number of ketones is 1. The van der Waals surface area contributed by atoms with Gasteiger partial charge in [0.15, 0.2) is 5.78 Å². The molecular weight excluding hydrogens is 478 g/mol. The minimum atomic E-state index is -0.505. The van der Waals surface area contributed by atoms with E-state index in [1.54, 1.807) is 25.4 Å². The molecule has 0 fully saturated rings. The molecule has 2 unspecified atom stereocenters. The Morgan fingerprint density at radius 3 is 2.37 bits per heavy atom. The number of pyridine rings is 1. The number of Topliss-reactive ketones (excluding diaryl/α,β-unsaturated/α-hetero) is 1. The normalized spacial score (nSPS) is 19.0. The van der Waals surface area contributed by atoms with E-state index in [1.165, 1.54) is 0 Å². The molecular formula is C31H31N3O4. The summed E-state index contributed by atoms with van der Waals surface area (Å²) in [5.41, 5.74) is 4.70. The lowest BCUT2D eigenvalue weighted by atomic mass is 9.71. The summed E-state index contributed by atoms with van der Waals surface area (Å²) in [6, 6.07) is 20.9. The summed E-state index contributed by atoms with van der Waals surface area (Å²) in [7, 11) is 1.64. The van der Waals surface area contributed by atoms with Gasteiger partial charge in [0.1, 0.15) is 17.3 Å². The molecule has 0 saturated heterocycles. The third-order valence-corrected chi connectivity index (χ3v) is 7.09. The number of carbonyl (C=O) groups is 2. The molecule has 0 spiro atoms. The summed E-state index contributed by atoms with van der Waals surface area (Å²) in [4.78, 5) is 31.7. The molecule has 2 N–H and O–H groups in total. The van der Waals surface area contributed by atoms with Crippen LogP contribution in [0.5, 0.6) is 11.5 Å². The molecule has 2 atom stereocenters. The van der Waals surface area contributed by atoms with Crippen molar-refractivity contribution in [3.05, 3.63) is 107 Å². The molecule has 5 rings (SSSR count). The van der Waals surface area contributed by atoms with Gasteiger partial charge in [-0.2, -0.15) is 0 Å². The Bertz CT molecular complexity index is 1390. The Kier molecular flexibility index (Phi) is 7.26. The fourth-order valence-corrected chi connectivity index (χ4v) is 5.33. The zero-order valence-corrected chi connectivity index (χ0v) is 21.8. The van der Waals surface area contributed by atoms with Crippen LogP contribution in [0.3, 0.4) is 0 Å². The van der Waals surface area contributed by atoms with Gasteiger partial charge in [-0.05, 0) is 73.7 Å². The number of ether oxygens (including phenoxy) is 2. The van der Waals surface area contributed by atoms with E-state index in [9.17, 15) is 9.59 Å². The zero-order valence-electron chi connectivity index (χ0n) is 21.8. The van der Waals surface area contributed by atoms with E-state index >= 15 is 0 Å². The Balaban J connectivity index is 1.53. The number of dihydropyridines is 1. The van der Waals surface area contributed by atoms with E-state index in [4.69, 9.17) is 9.47 Å². The summed E-state index contributed by atoms with van der Waals surface area (Å²) < 4.78 is 10.9. The van der Waals surface area contributed by atoms with Gasteiger partial charge in [-0.3, -0.25) is 9.59 Å². The van der Waals surface area contributed by atoms with Crippen LogP contribution >= 0.6 is 0 Å². The largest absolute Gasteiger partial charge is 0.497 e. The van der Waals surface area contributed by atoms with E-state index < -0.39 is 5.92 Å². The first-order chi connectivity index (χ1) is 18.5. The van der Waals surface area contributed by atoms with E-state index in [0.717, 1.165) is 34.0 Å². The molecule has 7 heteroatoms. The first-order valence-electron chi connectivity index (χ1n) is 12.8. The van der Waals surface area contributed by atoms with E-state index in [0.29, 0.717) is 36.4 Å². The van der Waals surface area contributed by atoms with Gasteiger partial charge < -0.3 is 20.1 Å². The fraction of sp³-hybridized carbons (Fsp3) is 0.258. The van der Waals surface area contributed by atoms with E-state index in [1.807, 2.05) is 68.4 Å². The summed E-state index contributed by atoms with van der Waals surface area (Å²) in [5, 5.41) is 6.34. The lowest BCUT2D eigenvalue weighted by Crippen LogP contribution is -2.37. The van der Waals surface area contributed by atoms with Gasteiger partial charge in [-0.15, -0.1) is 0 Å². The van der Waals surface area contributed by atoms with Crippen molar-refractivity contribution in [3.63, 3.8) is 0 Å². The van der Waals surface area contributed by atoms with Gasteiger partial charge in [-0.25, -0.2) is 4.98 Å².